The van der Waals surface area contributed by atoms with Crippen LogP contribution >= 0.6 is 0 Å². The molecule has 0 spiro atoms. The highest BCUT2D eigenvalue weighted by Crippen LogP contribution is 2.26. The first-order valence-electron chi connectivity index (χ1n) is 8.10. The Morgan fingerprint density at radius 1 is 1.15 bits per heavy atom. The van der Waals surface area contributed by atoms with Crippen molar-refractivity contribution in [1.29, 1.82) is 0 Å². The second kappa shape index (κ2) is 6.62. The summed E-state index contributed by atoms with van der Waals surface area (Å²) in [7, 11) is 0. The van der Waals surface area contributed by atoms with E-state index in [2.05, 4.69) is 62.2 Å². The Balaban J connectivity index is 2.00. The lowest BCUT2D eigenvalue weighted by Crippen LogP contribution is -2.39. The van der Waals surface area contributed by atoms with Crippen LogP contribution in [0, 0.1) is 0 Å². The molecule has 112 valence electrons. The fraction of sp³-hybridized carbons (Fsp3) is 0.667. The lowest BCUT2D eigenvalue weighted by molar-refractivity contribution is 0.424. The molecule has 1 heterocycles. The maximum Gasteiger partial charge on any atom is 0.0368 e. The van der Waals surface area contributed by atoms with Crippen LogP contribution < -0.4 is 10.2 Å². The fourth-order valence-corrected chi connectivity index (χ4v) is 2.94. The van der Waals surface area contributed by atoms with Crippen LogP contribution in [0.4, 0.5) is 5.69 Å². The molecule has 0 aromatic heterocycles. The van der Waals surface area contributed by atoms with E-state index < -0.39 is 0 Å². The summed E-state index contributed by atoms with van der Waals surface area (Å²) < 4.78 is 0. The number of piperidine rings is 1. The summed E-state index contributed by atoms with van der Waals surface area (Å²) in [5, 5.41) is 3.54. The van der Waals surface area contributed by atoms with E-state index in [-0.39, 0.29) is 5.54 Å². The smallest absolute Gasteiger partial charge is 0.0368 e. The molecule has 2 heteroatoms. The van der Waals surface area contributed by atoms with Crippen LogP contribution in [-0.2, 0) is 6.54 Å². The van der Waals surface area contributed by atoms with Gasteiger partial charge in [-0.2, -0.15) is 0 Å². The van der Waals surface area contributed by atoms with Gasteiger partial charge in [-0.3, -0.25) is 0 Å². The van der Waals surface area contributed by atoms with E-state index in [0.717, 1.165) is 12.6 Å². The van der Waals surface area contributed by atoms with E-state index in [0.29, 0.717) is 0 Å². The molecule has 1 aliphatic rings. The molecule has 1 saturated heterocycles. The minimum atomic E-state index is 0.179. The Morgan fingerprint density at radius 3 is 2.45 bits per heavy atom. The first kappa shape index (κ1) is 15.4. The average Bonchev–Trinajstić information content (AvgIpc) is 2.45. The molecule has 0 radical (unpaired) electrons. The summed E-state index contributed by atoms with van der Waals surface area (Å²) in [6, 6.07) is 9.88. The summed E-state index contributed by atoms with van der Waals surface area (Å²) in [5.41, 5.74) is 2.95. The minimum absolute atomic E-state index is 0.179. The molecule has 1 atom stereocenters. The van der Waals surface area contributed by atoms with Gasteiger partial charge in [-0.05, 0) is 64.2 Å². The molecular weight excluding hydrogens is 244 g/mol. The average molecular weight is 274 g/mol. The Kier molecular flexibility index (Phi) is 5.09. The molecule has 0 bridgehead atoms. The number of benzene rings is 1. The van der Waals surface area contributed by atoms with Gasteiger partial charge >= 0.3 is 0 Å². The molecule has 1 unspecified atom stereocenters. The molecule has 1 N–H and O–H groups in total. The zero-order valence-corrected chi connectivity index (χ0v) is 13.6. The molecule has 0 amide bonds. The summed E-state index contributed by atoms with van der Waals surface area (Å²) in [6.45, 7) is 11.1. The maximum atomic E-state index is 3.54. The molecule has 2 rings (SSSR count). The second-order valence-corrected chi connectivity index (χ2v) is 7.02. The predicted octanol–water partition coefficient (Wildman–Crippen LogP) is 4.34. The van der Waals surface area contributed by atoms with Crippen molar-refractivity contribution in [2.24, 2.45) is 0 Å². The molecule has 1 aliphatic heterocycles. The van der Waals surface area contributed by atoms with Crippen molar-refractivity contribution in [2.45, 2.75) is 71.5 Å². The van der Waals surface area contributed by atoms with Gasteiger partial charge in [0.25, 0.3) is 0 Å². The van der Waals surface area contributed by atoms with E-state index in [9.17, 15) is 0 Å². The Hall–Kier alpha value is -1.02. The van der Waals surface area contributed by atoms with Gasteiger partial charge in [0.05, 0.1) is 0 Å². The number of anilines is 1. The Bertz CT molecular complexity index is 402. The standard InChI is InChI=1S/C18H30N2/c1-5-16-8-6-7-13-20(16)17-11-9-15(10-12-17)14-19-18(2,3)4/h9-12,16,19H,5-8,13-14H2,1-4H3. The summed E-state index contributed by atoms with van der Waals surface area (Å²) >= 11 is 0. The van der Waals surface area contributed by atoms with Crippen LogP contribution in [0.5, 0.6) is 0 Å². The van der Waals surface area contributed by atoms with Gasteiger partial charge in [0.1, 0.15) is 0 Å². The van der Waals surface area contributed by atoms with Crippen molar-refractivity contribution < 1.29 is 0 Å². The first-order valence-corrected chi connectivity index (χ1v) is 8.10. The summed E-state index contributed by atoms with van der Waals surface area (Å²) in [4.78, 5) is 2.60. The summed E-state index contributed by atoms with van der Waals surface area (Å²) in [5.74, 6) is 0. The van der Waals surface area contributed by atoms with E-state index in [1.165, 1.54) is 43.5 Å². The molecular formula is C18H30N2. The Morgan fingerprint density at radius 2 is 1.85 bits per heavy atom. The van der Waals surface area contributed by atoms with Crippen molar-refractivity contribution >= 4 is 5.69 Å². The van der Waals surface area contributed by atoms with Crippen molar-refractivity contribution in [3.63, 3.8) is 0 Å². The van der Waals surface area contributed by atoms with E-state index in [4.69, 9.17) is 0 Å². The zero-order chi connectivity index (χ0) is 14.6. The van der Waals surface area contributed by atoms with Gasteiger partial charge in [-0.1, -0.05) is 19.1 Å². The van der Waals surface area contributed by atoms with E-state index in [1.54, 1.807) is 0 Å². The molecule has 0 saturated carbocycles. The normalized spacial score (nSPS) is 20.2. The second-order valence-electron chi connectivity index (χ2n) is 7.02. The third kappa shape index (κ3) is 4.24. The molecule has 1 fully saturated rings. The van der Waals surface area contributed by atoms with Crippen molar-refractivity contribution in [3.05, 3.63) is 29.8 Å². The monoisotopic (exact) mass is 274 g/mol. The Labute approximate surface area is 124 Å². The van der Waals surface area contributed by atoms with Gasteiger partial charge in [-0.15, -0.1) is 0 Å². The molecule has 2 nitrogen and oxygen atoms in total. The van der Waals surface area contributed by atoms with Crippen molar-refractivity contribution in [3.8, 4) is 0 Å². The third-order valence-electron chi connectivity index (χ3n) is 4.19. The van der Waals surface area contributed by atoms with Crippen LogP contribution in [0.1, 0.15) is 58.9 Å². The SMILES string of the molecule is CCC1CCCCN1c1ccc(CNC(C)(C)C)cc1. The van der Waals surface area contributed by atoms with Crippen LogP contribution in [0.2, 0.25) is 0 Å². The summed E-state index contributed by atoms with van der Waals surface area (Å²) in [6.07, 6.45) is 5.34. The minimum Gasteiger partial charge on any atom is -0.369 e. The molecule has 20 heavy (non-hydrogen) atoms. The number of rotatable bonds is 4. The first-order chi connectivity index (χ1) is 9.49. The van der Waals surface area contributed by atoms with Crippen LogP contribution in [0.3, 0.4) is 0 Å². The van der Waals surface area contributed by atoms with Gasteiger partial charge in [0.2, 0.25) is 0 Å². The van der Waals surface area contributed by atoms with Gasteiger partial charge in [0, 0.05) is 30.4 Å². The predicted molar refractivity (Wildman–Crippen MR) is 88.3 cm³/mol. The van der Waals surface area contributed by atoms with Crippen LogP contribution in [0.15, 0.2) is 24.3 Å². The van der Waals surface area contributed by atoms with Gasteiger partial charge in [0.15, 0.2) is 0 Å². The quantitative estimate of drug-likeness (QED) is 0.878. The number of nitrogens with one attached hydrogen (secondary N) is 1. The highest BCUT2D eigenvalue weighted by molar-refractivity contribution is 5.49. The molecule has 0 aliphatic carbocycles. The van der Waals surface area contributed by atoms with Crippen LogP contribution in [-0.4, -0.2) is 18.1 Å². The van der Waals surface area contributed by atoms with E-state index >= 15 is 0 Å². The maximum absolute atomic E-state index is 3.54. The molecule has 1 aromatic carbocycles. The number of hydrogen-bond acceptors (Lipinski definition) is 2. The topological polar surface area (TPSA) is 15.3 Å². The fourth-order valence-electron chi connectivity index (χ4n) is 2.94. The number of nitrogens with zero attached hydrogens (tertiary/aromatic N) is 1. The van der Waals surface area contributed by atoms with Gasteiger partial charge in [-0.25, -0.2) is 0 Å². The van der Waals surface area contributed by atoms with Crippen molar-refractivity contribution in [1.82, 2.24) is 5.32 Å². The van der Waals surface area contributed by atoms with Crippen LogP contribution in [0.25, 0.3) is 0 Å². The largest absolute Gasteiger partial charge is 0.369 e. The molecule has 1 aromatic rings. The zero-order valence-electron chi connectivity index (χ0n) is 13.6. The van der Waals surface area contributed by atoms with E-state index in [1.807, 2.05) is 0 Å². The lowest BCUT2D eigenvalue weighted by Gasteiger charge is -2.37. The highest BCUT2D eigenvalue weighted by Gasteiger charge is 2.20. The third-order valence-corrected chi connectivity index (χ3v) is 4.19. The highest BCUT2D eigenvalue weighted by atomic mass is 15.2. The van der Waals surface area contributed by atoms with Gasteiger partial charge < -0.3 is 10.2 Å². The number of hydrogen-bond donors (Lipinski definition) is 1. The lowest BCUT2D eigenvalue weighted by atomic mass is 9.99. The van der Waals surface area contributed by atoms with Crippen molar-refractivity contribution in [2.75, 3.05) is 11.4 Å².